The monoisotopic (exact) mass is 655 g/mol. The normalized spacial score (nSPS) is 16.1. The number of hydrogen-bond acceptors (Lipinski definition) is 8. The standard InChI is InChI=1S/C33H30FN7O3S2/c1-20-25(29(36(3)30(42)26(20)19-35)39-16-14-38(15-17-39)23-12-10-22(34)11-13-23)18-27-31(43)40(33(45)46-27)28-21(2)37(4)41(32(28)44)24-8-6-5-7-9-24/h5-13,18H,14-17H2,1-4H3/b27-18+. The lowest BCUT2D eigenvalue weighted by molar-refractivity contribution is -0.113. The van der Waals surface area contributed by atoms with E-state index in [1.54, 1.807) is 50.8 Å². The van der Waals surface area contributed by atoms with Gasteiger partial charge in [0.15, 0.2) is 4.32 Å². The number of anilines is 3. The zero-order valence-corrected chi connectivity index (χ0v) is 27.3. The van der Waals surface area contributed by atoms with Crippen molar-refractivity contribution in [2.45, 2.75) is 13.8 Å². The molecule has 10 nitrogen and oxygen atoms in total. The fourth-order valence-electron chi connectivity index (χ4n) is 6.03. The highest BCUT2D eigenvalue weighted by molar-refractivity contribution is 8.27. The summed E-state index contributed by atoms with van der Waals surface area (Å²) in [6.45, 7) is 5.77. The van der Waals surface area contributed by atoms with Crippen molar-refractivity contribution in [2.24, 2.45) is 14.1 Å². The number of hydrogen-bond donors (Lipinski definition) is 0. The minimum Gasteiger partial charge on any atom is -0.368 e. The fraction of sp³-hybridized carbons (Fsp3) is 0.242. The van der Waals surface area contributed by atoms with Crippen molar-refractivity contribution in [1.29, 1.82) is 5.26 Å². The zero-order chi connectivity index (χ0) is 32.9. The molecule has 2 aromatic carbocycles. The Kier molecular flexibility index (Phi) is 8.18. The van der Waals surface area contributed by atoms with Crippen molar-refractivity contribution in [3.63, 3.8) is 0 Å². The van der Waals surface area contributed by atoms with Gasteiger partial charge >= 0.3 is 0 Å². The van der Waals surface area contributed by atoms with Crippen LogP contribution < -0.4 is 25.8 Å². The molecule has 1 amide bonds. The fourth-order valence-corrected chi connectivity index (χ4v) is 7.28. The topological polar surface area (TPSA) is 99.5 Å². The third kappa shape index (κ3) is 5.13. The van der Waals surface area contributed by atoms with Gasteiger partial charge in [-0.25, -0.2) is 9.07 Å². The van der Waals surface area contributed by atoms with E-state index in [9.17, 15) is 24.0 Å². The maximum absolute atomic E-state index is 14.0. The quantitative estimate of drug-likeness (QED) is 0.233. The van der Waals surface area contributed by atoms with Crippen molar-refractivity contribution < 1.29 is 9.18 Å². The number of thioether (sulfide) groups is 1. The van der Waals surface area contributed by atoms with Gasteiger partial charge in [0.2, 0.25) is 0 Å². The first-order valence-corrected chi connectivity index (χ1v) is 15.8. The number of halogens is 1. The molecule has 0 atom stereocenters. The predicted molar refractivity (Wildman–Crippen MR) is 183 cm³/mol. The summed E-state index contributed by atoms with van der Waals surface area (Å²) in [7, 11) is 3.37. The first-order valence-electron chi connectivity index (χ1n) is 14.5. The van der Waals surface area contributed by atoms with E-state index in [4.69, 9.17) is 12.2 Å². The Morgan fingerprint density at radius 1 is 0.891 bits per heavy atom. The number of para-hydroxylation sites is 1. The van der Waals surface area contributed by atoms with Crippen molar-refractivity contribution in [3.8, 4) is 11.8 Å². The number of amides is 1. The maximum Gasteiger partial charge on any atom is 0.296 e. The molecule has 13 heteroatoms. The molecule has 2 saturated heterocycles. The van der Waals surface area contributed by atoms with Crippen LogP contribution in [0.2, 0.25) is 0 Å². The molecule has 2 aromatic heterocycles. The molecule has 0 N–H and O–H groups in total. The van der Waals surface area contributed by atoms with Gasteiger partial charge in [0.1, 0.15) is 29.0 Å². The zero-order valence-electron chi connectivity index (χ0n) is 25.7. The molecule has 4 aromatic rings. The number of rotatable bonds is 5. The van der Waals surface area contributed by atoms with Crippen molar-refractivity contribution in [2.75, 3.05) is 40.9 Å². The Hall–Kier alpha value is -4.93. The number of thiocarbonyl (C=S) groups is 1. The van der Waals surface area contributed by atoms with Crippen molar-refractivity contribution >= 4 is 57.5 Å². The number of piperazine rings is 1. The van der Waals surface area contributed by atoms with E-state index in [-0.39, 0.29) is 31.9 Å². The van der Waals surface area contributed by atoms with E-state index in [0.717, 1.165) is 17.4 Å². The Balaban J connectivity index is 1.39. The Morgan fingerprint density at radius 2 is 1.52 bits per heavy atom. The lowest BCUT2D eigenvalue weighted by atomic mass is 10.0. The van der Waals surface area contributed by atoms with E-state index < -0.39 is 11.5 Å². The number of benzene rings is 2. The third-order valence-corrected chi connectivity index (χ3v) is 9.86. The van der Waals surface area contributed by atoms with Crippen LogP contribution in [0.5, 0.6) is 0 Å². The molecule has 0 aliphatic carbocycles. The van der Waals surface area contributed by atoms with Crippen LogP contribution in [0.4, 0.5) is 21.6 Å². The average molecular weight is 656 g/mol. The lowest BCUT2D eigenvalue weighted by Crippen LogP contribution is -2.48. The van der Waals surface area contributed by atoms with Crippen LogP contribution >= 0.6 is 24.0 Å². The van der Waals surface area contributed by atoms with Gasteiger partial charge in [-0.1, -0.05) is 42.2 Å². The number of nitriles is 1. The smallest absolute Gasteiger partial charge is 0.296 e. The van der Waals surface area contributed by atoms with Gasteiger partial charge in [-0.05, 0) is 61.9 Å². The van der Waals surface area contributed by atoms with E-state index in [0.29, 0.717) is 54.5 Å². The minimum atomic E-state index is -0.458. The van der Waals surface area contributed by atoms with Gasteiger partial charge in [-0.15, -0.1) is 0 Å². The van der Waals surface area contributed by atoms with Gasteiger partial charge in [-0.3, -0.25) is 28.5 Å². The van der Waals surface area contributed by atoms with E-state index in [1.807, 2.05) is 36.4 Å². The highest BCUT2D eigenvalue weighted by Gasteiger charge is 2.38. The van der Waals surface area contributed by atoms with E-state index in [2.05, 4.69) is 9.80 Å². The second kappa shape index (κ2) is 12.1. The Bertz CT molecular complexity index is 2080. The van der Waals surface area contributed by atoms with Crippen molar-refractivity contribution in [1.82, 2.24) is 13.9 Å². The summed E-state index contributed by atoms with van der Waals surface area (Å²) in [5.41, 5.74) is 2.48. The van der Waals surface area contributed by atoms with Gasteiger partial charge in [0, 0.05) is 51.5 Å². The molecule has 0 unspecified atom stereocenters. The van der Waals surface area contributed by atoms with E-state index in [1.165, 1.54) is 26.3 Å². The molecule has 6 rings (SSSR count). The van der Waals surface area contributed by atoms with Gasteiger partial charge in [0.25, 0.3) is 17.0 Å². The number of nitrogens with zero attached hydrogens (tertiary/aromatic N) is 7. The molecule has 234 valence electrons. The molecular weight excluding hydrogens is 626 g/mol. The summed E-state index contributed by atoms with van der Waals surface area (Å²) in [5.74, 6) is -0.183. The molecule has 2 aliphatic heterocycles. The number of carbonyl (C=O) groups excluding carboxylic acids is 1. The van der Waals surface area contributed by atoms with Crippen LogP contribution in [0, 0.1) is 31.0 Å². The van der Waals surface area contributed by atoms with Gasteiger partial charge < -0.3 is 9.80 Å². The summed E-state index contributed by atoms with van der Waals surface area (Å²) < 4.78 is 18.3. The number of pyridine rings is 1. The highest BCUT2D eigenvalue weighted by atomic mass is 32.2. The third-order valence-electron chi connectivity index (χ3n) is 8.56. The van der Waals surface area contributed by atoms with Crippen LogP contribution in [-0.2, 0) is 18.9 Å². The van der Waals surface area contributed by atoms with E-state index >= 15 is 0 Å². The second-order valence-electron chi connectivity index (χ2n) is 11.1. The number of aromatic nitrogens is 3. The second-order valence-corrected chi connectivity index (χ2v) is 12.8. The lowest BCUT2D eigenvalue weighted by Gasteiger charge is -2.38. The molecule has 0 spiro atoms. The summed E-state index contributed by atoms with van der Waals surface area (Å²) in [5, 5.41) is 9.89. The number of carbonyl (C=O) groups is 1. The molecule has 0 radical (unpaired) electrons. The van der Waals surface area contributed by atoms with Crippen LogP contribution in [0.15, 0.2) is 69.1 Å². The van der Waals surface area contributed by atoms with Gasteiger partial charge in [-0.2, -0.15) is 5.26 Å². The van der Waals surface area contributed by atoms with Crippen LogP contribution in [0.25, 0.3) is 11.8 Å². The van der Waals surface area contributed by atoms with Crippen molar-refractivity contribution in [3.05, 3.63) is 108 Å². The van der Waals surface area contributed by atoms with Gasteiger partial charge in [0.05, 0.1) is 16.3 Å². The molecule has 0 saturated carbocycles. The molecule has 46 heavy (non-hydrogen) atoms. The largest absolute Gasteiger partial charge is 0.368 e. The summed E-state index contributed by atoms with van der Waals surface area (Å²) in [6.07, 6.45) is 1.67. The highest BCUT2D eigenvalue weighted by Crippen LogP contribution is 2.38. The maximum atomic E-state index is 14.0. The first kappa shape index (κ1) is 31.1. The summed E-state index contributed by atoms with van der Waals surface area (Å²) in [6, 6.07) is 17.5. The predicted octanol–water partition coefficient (Wildman–Crippen LogP) is 4.23. The first-order chi connectivity index (χ1) is 22.0. The molecule has 4 heterocycles. The summed E-state index contributed by atoms with van der Waals surface area (Å²) >= 11 is 6.73. The Morgan fingerprint density at radius 3 is 2.15 bits per heavy atom. The molecule has 2 fully saturated rings. The molecular formula is C33H30FN7O3S2. The van der Waals surface area contributed by atoms with Crippen LogP contribution in [-0.4, -0.2) is 50.3 Å². The van der Waals surface area contributed by atoms with Crippen LogP contribution in [0.3, 0.4) is 0 Å². The SMILES string of the molecule is Cc1c(/C=C2/SC(=S)N(c3c(C)n(C)n(-c4ccccc4)c3=O)C2=O)c(N2CCN(c3ccc(F)cc3)CC2)n(C)c(=O)c1C#N. The average Bonchev–Trinajstić information content (AvgIpc) is 3.45. The molecule has 0 bridgehead atoms. The minimum absolute atomic E-state index is 0.0115. The Labute approximate surface area is 274 Å². The molecule has 2 aliphatic rings. The van der Waals surface area contributed by atoms with Crippen LogP contribution in [0.1, 0.15) is 22.4 Å². The summed E-state index contributed by atoms with van der Waals surface area (Å²) in [4.78, 5) is 46.8.